The minimum Gasteiger partial charge on any atom is -0.481 e. The first-order valence-corrected chi connectivity index (χ1v) is 4.23. The highest BCUT2D eigenvalue weighted by Crippen LogP contribution is 2.23. The van der Waals surface area contributed by atoms with Gasteiger partial charge in [-0.25, -0.2) is 0 Å². The van der Waals surface area contributed by atoms with Crippen LogP contribution in [-0.2, 0) is 9.59 Å². The third-order valence-corrected chi connectivity index (χ3v) is 2.49. The maximum absolute atomic E-state index is 10.8. The molecule has 1 aliphatic rings. The molecule has 74 valence electrons. The second-order valence-electron chi connectivity index (χ2n) is 3.40. The predicted molar refractivity (Wildman–Crippen MR) is 44.3 cm³/mol. The molecule has 0 saturated carbocycles. The molecule has 0 bridgehead atoms. The molecule has 0 aliphatic carbocycles. The zero-order valence-corrected chi connectivity index (χ0v) is 7.36. The van der Waals surface area contributed by atoms with E-state index in [9.17, 15) is 9.59 Å². The molecule has 0 radical (unpaired) electrons. The summed E-state index contributed by atoms with van der Waals surface area (Å²) in [6.07, 6.45) is 0.709. The van der Waals surface area contributed by atoms with E-state index in [1.165, 1.54) is 0 Å². The van der Waals surface area contributed by atoms with E-state index < -0.39 is 23.9 Å². The third kappa shape index (κ3) is 1.98. The van der Waals surface area contributed by atoms with Gasteiger partial charge in [0.15, 0.2) is 0 Å². The molecule has 1 rings (SSSR count). The molecular formula is C8H13NO4. The van der Waals surface area contributed by atoms with E-state index >= 15 is 0 Å². The Morgan fingerprint density at radius 3 is 2.31 bits per heavy atom. The van der Waals surface area contributed by atoms with Gasteiger partial charge in [0.05, 0.1) is 5.92 Å². The van der Waals surface area contributed by atoms with Gasteiger partial charge in [-0.1, -0.05) is 6.92 Å². The van der Waals surface area contributed by atoms with Crippen LogP contribution in [0.15, 0.2) is 0 Å². The van der Waals surface area contributed by atoms with Gasteiger partial charge in [-0.2, -0.15) is 0 Å². The maximum Gasteiger partial charge on any atom is 0.321 e. The lowest BCUT2D eigenvalue weighted by Gasteiger charge is -2.31. The van der Waals surface area contributed by atoms with Gasteiger partial charge in [-0.15, -0.1) is 0 Å². The Balaban J connectivity index is 2.80. The van der Waals surface area contributed by atoms with Crippen molar-refractivity contribution in [3.63, 3.8) is 0 Å². The molecule has 1 saturated heterocycles. The van der Waals surface area contributed by atoms with Gasteiger partial charge in [0, 0.05) is 0 Å². The lowest BCUT2D eigenvalue weighted by molar-refractivity contribution is -0.154. The lowest BCUT2D eigenvalue weighted by Crippen LogP contribution is -2.52. The van der Waals surface area contributed by atoms with E-state index in [2.05, 4.69) is 5.32 Å². The number of carboxylic acids is 2. The number of hydrogen-bond donors (Lipinski definition) is 3. The molecule has 0 aromatic carbocycles. The van der Waals surface area contributed by atoms with Crippen molar-refractivity contribution in [2.75, 3.05) is 6.54 Å². The summed E-state index contributed by atoms with van der Waals surface area (Å²) in [5.41, 5.74) is 0. The first-order chi connectivity index (χ1) is 6.04. The number of carboxylic acid groups (broad SMARTS) is 2. The standard InChI is InChI=1S/C8H13NO4/c1-4-2-3-9-6(8(12)13)5(4)7(10)11/h4-6,9H,2-3H2,1H3,(H,10,11)(H,12,13). The van der Waals surface area contributed by atoms with Crippen LogP contribution in [0.3, 0.4) is 0 Å². The SMILES string of the molecule is CC1CCNC(C(=O)O)C1C(=O)O. The maximum atomic E-state index is 10.8. The number of nitrogens with one attached hydrogen (secondary N) is 1. The van der Waals surface area contributed by atoms with Gasteiger partial charge in [0.1, 0.15) is 6.04 Å². The van der Waals surface area contributed by atoms with Gasteiger partial charge in [-0.05, 0) is 18.9 Å². The highest BCUT2D eigenvalue weighted by Gasteiger charge is 2.39. The molecule has 0 aromatic rings. The molecule has 0 spiro atoms. The van der Waals surface area contributed by atoms with E-state index in [1.807, 2.05) is 0 Å². The molecule has 3 unspecified atom stereocenters. The Morgan fingerprint density at radius 1 is 1.31 bits per heavy atom. The Kier molecular flexibility index (Phi) is 2.87. The van der Waals surface area contributed by atoms with Gasteiger partial charge < -0.3 is 15.5 Å². The summed E-state index contributed by atoms with van der Waals surface area (Å²) in [4.78, 5) is 21.5. The van der Waals surface area contributed by atoms with Crippen molar-refractivity contribution in [3.8, 4) is 0 Å². The van der Waals surface area contributed by atoms with E-state index in [1.54, 1.807) is 6.92 Å². The molecular weight excluding hydrogens is 174 g/mol. The van der Waals surface area contributed by atoms with Crippen molar-refractivity contribution in [3.05, 3.63) is 0 Å². The Morgan fingerprint density at radius 2 is 1.92 bits per heavy atom. The number of rotatable bonds is 2. The van der Waals surface area contributed by atoms with E-state index in [4.69, 9.17) is 10.2 Å². The summed E-state index contributed by atoms with van der Waals surface area (Å²) in [6, 6.07) is -0.943. The predicted octanol–water partition coefficient (Wildman–Crippen LogP) is -0.230. The number of aliphatic carboxylic acids is 2. The molecule has 3 atom stereocenters. The number of hydrogen-bond acceptors (Lipinski definition) is 3. The monoisotopic (exact) mass is 187 g/mol. The van der Waals surface area contributed by atoms with Crippen LogP contribution in [0, 0.1) is 11.8 Å². The molecule has 5 heteroatoms. The van der Waals surface area contributed by atoms with Crippen LogP contribution in [0.1, 0.15) is 13.3 Å². The van der Waals surface area contributed by atoms with Crippen molar-refractivity contribution in [2.24, 2.45) is 11.8 Å². The largest absolute Gasteiger partial charge is 0.481 e. The fourth-order valence-electron chi connectivity index (χ4n) is 1.73. The van der Waals surface area contributed by atoms with Crippen molar-refractivity contribution < 1.29 is 19.8 Å². The summed E-state index contributed by atoms with van der Waals surface area (Å²) in [5, 5.41) is 20.3. The summed E-state index contributed by atoms with van der Waals surface area (Å²) in [7, 11) is 0. The van der Waals surface area contributed by atoms with Crippen molar-refractivity contribution >= 4 is 11.9 Å². The Bertz CT molecular complexity index is 228. The second-order valence-corrected chi connectivity index (χ2v) is 3.40. The highest BCUT2D eigenvalue weighted by atomic mass is 16.4. The van der Waals surface area contributed by atoms with Crippen LogP contribution in [0.25, 0.3) is 0 Å². The van der Waals surface area contributed by atoms with E-state index in [0.717, 1.165) is 0 Å². The quantitative estimate of drug-likeness (QED) is 0.556. The fraction of sp³-hybridized carbons (Fsp3) is 0.750. The van der Waals surface area contributed by atoms with Crippen LogP contribution in [0.5, 0.6) is 0 Å². The molecule has 0 amide bonds. The molecule has 1 heterocycles. The van der Waals surface area contributed by atoms with Crippen molar-refractivity contribution in [2.45, 2.75) is 19.4 Å². The molecule has 1 fully saturated rings. The second kappa shape index (κ2) is 3.74. The van der Waals surface area contributed by atoms with Crippen LogP contribution in [-0.4, -0.2) is 34.7 Å². The van der Waals surface area contributed by atoms with Crippen LogP contribution in [0.2, 0.25) is 0 Å². The smallest absolute Gasteiger partial charge is 0.321 e. The molecule has 0 aromatic heterocycles. The summed E-state index contributed by atoms with van der Waals surface area (Å²) < 4.78 is 0. The minimum atomic E-state index is -1.08. The Hall–Kier alpha value is -1.10. The summed E-state index contributed by atoms with van der Waals surface area (Å²) in [5.74, 6) is -3.02. The molecule has 1 aliphatic heterocycles. The number of piperidine rings is 1. The first-order valence-electron chi connectivity index (χ1n) is 4.23. The van der Waals surface area contributed by atoms with E-state index in [-0.39, 0.29) is 5.92 Å². The van der Waals surface area contributed by atoms with Crippen molar-refractivity contribution in [1.82, 2.24) is 5.32 Å². The third-order valence-electron chi connectivity index (χ3n) is 2.49. The first kappa shape index (κ1) is 9.98. The summed E-state index contributed by atoms with van der Waals surface area (Å²) in [6.45, 7) is 2.34. The molecule has 13 heavy (non-hydrogen) atoms. The molecule has 5 nitrogen and oxygen atoms in total. The topological polar surface area (TPSA) is 86.6 Å². The van der Waals surface area contributed by atoms with Crippen molar-refractivity contribution in [1.29, 1.82) is 0 Å². The van der Waals surface area contributed by atoms with Gasteiger partial charge in [-0.3, -0.25) is 9.59 Å². The Labute approximate surface area is 75.7 Å². The van der Waals surface area contributed by atoms with Gasteiger partial charge >= 0.3 is 11.9 Å². The normalized spacial score (nSPS) is 34.1. The average molecular weight is 187 g/mol. The van der Waals surface area contributed by atoms with Gasteiger partial charge in [0.25, 0.3) is 0 Å². The van der Waals surface area contributed by atoms with Gasteiger partial charge in [0.2, 0.25) is 0 Å². The van der Waals surface area contributed by atoms with Crippen LogP contribution < -0.4 is 5.32 Å². The summed E-state index contributed by atoms with van der Waals surface area (Å²) >= 11 is 0. The van der Waals surface area contributed by atoms with Crippen LogP contribution >= 0.6 is 0 Å². The molecule has 3 N–H and O–H groups in total. The zero-order valence-electron chi connectivity index (χ0n) is 7.36. The minimum absolute atomic E-state index is 0.0835. The average Bonchev–Trinajstić information content (AvgIpc) is 2.02. The van der Waals surface area contributed by atoms with E-state index in [0.29, 0.717) is 13.0 Å². The number of carbonyl (C=O) groups is 2. The highest BCUT2D eigenvalue weighted by molar-refractivity contribution is 5.83. The van der Waals surface area contributed by atoms with Crippen LogP contribution in [0.4, 0.5) is 0 Å². The lowest BCUT2D eigenvalue weighted by atomic mass is 9.82. The fourth-order valence-corrected chi connectivity index (χ4v) is 1.73. The zero-order chi connectivity index (χ0) is 10.0.